The number of ether oxygens (including phenoxy) is 2. The number of nitrogens with zero attached hydrogens (tertiary/aromatic N) is 2. The molecule has 1 saturated heterocycles. The van der Waals surface area contributed by atoms with Gasteiger partial charge in [0.05, 0.1) is 14.2 Å². The van der Waals surface area contributed by atoms with E-state index in [0.717, 1.165) is 21.2 Å². The van der Waals surface area contributed by atoms with Gasteiger partial charge in [-0.3, -0.25) is 14.5 Å². The lowest BCUT2D eigenvalue weighted by Crippen LogP contribution is -2.44. The van der Waals surface area contributed by atoms with E-state index >= 15 is 0 Å². The third-order valence-electron chi connectivity index (χ3n) is 6.50. The molecule has 8 heteroatoms. The highest BCUT2D eigenvalue weighted by molar-refractivity contribution is 6.09. The molecule has 1 heterocycles. The third kappa shape index (κ3) is 4.64. The van der Waals surface area contributed by atoms with Crippen LogP contribution >= 0.6 is 0 Å². The molecule has 0 unspecified atom stereocenters. The van der Waals surface area contributed by atoms with Gasteiger partial charge >= 0.3 is 6.03 Å². The number of amides is 4. The van der Waals surface area contributed by atoms with Crippen molar-refractivity contribution >= 4 is 28.6 Å². The number of carbonyl (C=O) groups is 3. The molecular formula is C27H29N3O5. The van der Waals surface area contributed by atoms with E-state index in [-0.39, 0.29) is 12.5 Å². The first-order valence-corrected chi connectivity index (χ1v) is 11.3. The van der Waals surface area contributed by atoms with Crippen LogP contribution in [0.5, 0.6) is 11.5 Å². The van der Waals surface area contributed by atoms with E-state index in [4.69, 9.17) is 9.47 Å². The van der Waals surface area contributed by atoms with Crippen LogP contribution in [0, 0.1) is 0 Å². The summed E-state index contributed by atoms with van der Waals surface area (Å²) in [5.41, 5.74) is 0.409. The van der Waals surface area contributed by atoms with Gasteiger partial charge in [0.15, 0.2) is 11.5 Å². The average molecular weight is 476 g/mol. The lowest BCUT2D eigenvalue weighted by atomic mass is 9.90. The number of rotatable bonds is 8. The molecule has 0 spiro atoms. The normalized spacial score (nSPS) is 17.4. The van der Waals surface area contributed by atoms with E-state index in [1.807, 2.05) is 60.7 Å². The van der Waals surface area contributed by atoms with Gasteiger partial charge in [0.25, 0.3) is 5.91 Å². The maximum atomic E-state index is 13.3. The maximum absolute atomic E-state index is 13.3. The summed E-state index contributed by atoms with van der Waals surface area (Å²) >= 11 is 0. The van der Waals surface area contributed by atoms with Crippen molar-refractivity contribution in [3.63, 3.8) is 0 Å². The van der Waals surface area contributed by atoms with Crippen molar-refractivity contribution in [2.45, 2.75) is 18.9 Å². The van der Waals surface area contributed by atoms with Crippen LogP contribution in [0.2, 0.25) is 0 Å². The first-order chi connectivity index (χ1) is 16.8. The van der Waals surface area contributed by atoms with Crippen LogP contribution in [0.4, 0.5) is 4.79 Å². The van der Waals surface area contributed by atoms with Gasteiger partial charge in [-0.15, -0.1) is 0 Å². The number of imide groups is 1. The van der Waals surface area contributed by atoms with Crippen molar-refractivity contribution in [1.29, 1.82) is 0 Å². The second kappa shape index (κ2) is 9.66. The Hall–Kier alpha value is -4.07. The van der Waals surface area contributed by atoms with Gasteiger partial charge < -0.3 is 19.7 Å². The molecule has 1 aliphatic heterocycles. The number of likely N-dealkylation sites (N-methyl/N-ethyl adjacent to an activating group) is 1. The molecule has 8 nitrogen and oxygen atoms in total. The smallest absolute Gasteiger partial charge is 0.325 e. The standard InChI is InChI=1S/C27H29N3O5/c1-27(21-11-10-19-7-5-6-8-20(19)16-21)25(32)30(26(33)28-27)17-24(31)29(2)14-13-18-9-12-22(34-3)23(15-18)35-4/h5-12,15-16H,13-14,17H2,1-4H3,(H,28,33)/t27-/m1/s1. The topological polar surface area (TPSA) is 88.2 Å². The molecule has 0 radical (unpaired) electrons. The van der Waals surface area contributed by atoms with Gasteiger partial charge in [-0.2, -0.15) is 0 Å². The number of benzene rings is 3. The van der Waals surface area contributed by atoms with Crippen LogP contribution in [0.15, 0.2) is 60.7 Å². The highest BCUT2D eigenvalue weighted by Gasteiger charge is 2.49. The molecule has 0 aromatic heterocycles. The van der Waals surface area contributed by atoms with E-state index in [0.29, 0.717) is 30.0 Å². The van der Waals surface area contributed by atoms with Crippen molar-refractivity contribution in [3.05, 3.63) is 71.8 Å². The van der Waals surface area contributed by atoms with Crippen molar-refractivity contribution in [1.82, 2.24) is 15.1 Å². The van der Waals surface area contributed by atoms with Crippen LogP contribution < -0.4 is 14.8 Å². The summed E-state index contributed by atoms with van der Waals surface area (Å²) in [6.07, 6.45) is 0.581. The number of urea groups is 1. The van der Waals surface area contributed by atoms with Gasteiger partial charge in [-0.05, 0) is 53.4 Å². The monoisotopic (exact) mass is 475 g/mol. The Morgan fingerprint density at radius 2 is 1.69 bits per heavy atom. The molecule has 1 atom stereocenters. The Morgan fingerprint density at radius 1 is 0.971 bits per heavy atom. The number of hydrogen-bond acceptors (Lipinski definition) is 5. The first kappa shape index (κ1) is 24.1. The SMILES string of the molecule is COc1ccc(CCN(C)C(=O)CN2C(=O)N[C@](C)(c3ccc4ccccc4c3)C2=O)cc1OC. The summed E-state index contributed by atoms with van der Waals surface area (Å²) in [5.74, 6) is 0.483. The van der Waals surface area contributed by atoms with Gasteiger partial charge in [0, 0.05) is 13.6 Å². The Bertz CT molecular complexity index is 1290. The zero-order valence-electron chi connectivity index (χ0n) is 20.3. The summed E-state index contributed by atoms with van der Waals surface area (Å²) in [6.45, 7) is 1.76. The van der Waals surface area contributed by atoms with Gasteiger partial charge in [0.1, 0.15) is 12.1 Å². The summed E-state index contributed by atoms with van der Waals surface area (Å²) in [6, 6.07) is 18.5. The quantitative estimate of drug-likeness (QED) is 0.505. The lowest BCUT2D eigenvalue weighted by molar-refractivity contribution is -0.138. The fraction of sp³-hybridized carbons (Fsp3) is 0.296. The lowest BCUT2D eigenvalue weighted by Gasteiger charge is -2.23. The number of methoxy groups -OCH3 is 2. The van der Waals surface area contributed by atoms with Crippen LogP contribution in [0.1, 0.15) is 18.1 Å². The zero-order chi connectivity index (χ0) is 25.2. The summed E-state index contributed by atoms with van der Waals surface area (Å²) in [7, 11) is 4.80. The highest BCUT2D eigenvalue weighted by atomic mass is 16.5. The Labute approximate surface area is 204 Å². The number of carbonyl (C=O) groups excluding carboxylic acids is 3. The van der Waals surface area contributed by atoms with Crippen LogP contribution in [0.3, 0.4) is 0 Å². The predicted molar refractivity (Wildman–Crippen MR) is 132 cm³/mol. The summed E-state index contributed by atoms with van der Waals surface area (Å²) < 4.78 is 10.6. The molecule has 182 valence electrons. The minimum atomic E-state index is -1.24. The second-order valence-corrected chi connectivity index (χ2v) is 8.76. The largest absolute Gasteiger partial charge is 0.493 e. The van der Waals surface area contributed by atoms with E-state index in [1.165, 1.54) is 4.90 Å². The Balaban J connectivity index is 1.42. The molecule has 35 heavy (non-hydrogen) atoms. The molecule has 1 N–H and O–H groups in total. The van der Waals surface area contributed by atoms with Gasteiger partial charge in [-0.1, -0.05) is 42.5 Å². The minimum absolute atomic E-state index is 0.322. The van der Waals surface area contributed by atoms with E-state index < -0.39 is 17.5 Å². The molecule has 1 aliphatic rings. The van der Waals surface area contributed by atoms with E-state index in [1.54, 1.807) is 28.2 Å². The average Bonchev–Trinajstić information content (AvgIpc) is 3.10. The van der Waals surface area contributed by atoms with Crippen molar-refractivity contribution in [2.24, 2.45) is 0 Å². The fourth-order valence-electron chi connectivity index (χ4n) is 4.25. The van der Waals surface area contributed by atoms with Crippen molar-refractivity contribution in [3.8, 4) is 11.5 Å². The third-order valence-corrected chi connectivity index (χ3v) is 6.50. The van der Waals surface area contributed by atoms with E-state index in [9.17, 15) is 14.4 Å². The molecule has 0 saturated carbocycles. The zero-order valence-corrected chi connectivity index (χ0v) is 20.3. The predicted octanol–water partition coefficient (Wildman–Crippen LogP) is 3.33. The molecule has 4 rings (SSSR count). The molecule has 3 aromatic rings. The fourth-order valence-corrected chi connectivity index (χ4v) is 4.25. The summed E-state index contributed by atoms with van der Waals surface area (Å²) in [5, 5.41) is 4.79. The molecule has 0 bridgehead atoms. The van der Waals surface area contributed by atoms with Gasteiger partial charge in [0.2, 0.25) is 5.91 Å². The molecule has 0 aliphatic carbocycles. The molecule has 1 fully saturated rings. The van der Waals surface area contributed by atoms with Crippen LogP contribution in [-0.2, 0) is 21.5 Å². The van der Waals surface area contributed by atoms with Crippen molar-refractivity contribution < 1.29 is 23.9 Å². The number of nitrogens with one attached hydrogen (secondary N) is 1. The van der Waals surface area contributed by atoms with Crippen LogP contribution in [0.25, 0.3) is 10.8 Å². The maximum Gasteiger partial charge on any atom is 0.325 e. The van der Waals surface area contributed by atoms with Crippen molar-refractivity contribution in [2.75, 3.05) is 34.4 Å². The number of fused-ring (bicyclic) bond motifs is 1. The first-order valence-electron chi connectivity index (χ1n) is 11.3. The minimum Gasteiger partial charge on any atom is -0.493 e. The van der Waals surface area contributed by atoms with Gasteiger partial charge in [-0.25, -0.2) is 4.79 Å². The Kier molecular flexibility index (Phi) is 6.64. The highest BCUT2D eigenvalue weighted by Crippen LogP contribution is 2.31. The van der Waals surface area contributed by atoms with E-state index in [2.05, 4.69) is 5.32 Å². The van der Waals surface area contributed by atoms with Crippen LogP contribution in [-0.4, -0.2) is 62.0 Å². The second-order valence-electron chi connectivity index (χ2n) is 8.76. The number of hydrogen-bond donors (Lipinski definition) is 1. The molecule has 4 amide bonds. The molecular weight excluding hydrogens is 446 g/mol. The molecule has 3 aromatic carbocycles. The Morgan fingerprint density at radius 3 is 2.40 bits per heavy atom. The summed E-state index contributed by atoms with van der Waals surface area (Å²) in [4.78, 5) is 41.4.